The third-order valence-corrected chi connectivity index (χ3v) is 14.5. The van der Waals surface area contributed by atoms with E-state index in [2.05, 4.69) is 0 Å². The minimum absolute atomic E-state index is 0.103. The van der Waals surface area contributed by atoms with Gasteiger partial charge in [-0.3, -0.25) is 0 Å². The van der Waals surface area contributed by atoms with Gasteiger partial charge in [-0.1, -0.05) is 19.3 Å². The molecule has 0 nitrogen and oxygen atoms in total. The van der Waals surface area contributed by atoms with Gasteiger partial charge in [0.15, 0.2) is 5.30 Å². The van der Waals surface area contributed by atoms with Gasteiger partial charge < -0.3 is 0 Å². The third kappa shape index (κ3) is 3.71. The molecular formula is C24H33F5P+. The monoisotopic (exact) mass is 447 g/mol. The van der Waals surface area contributed by atoms with E-state index in [0.29, 0.717) is 0 Å². The second-order valence-corrected chi connectivity index (χ2v) is 13.9. The number of benzene rings is 1. The smallest absolute Gasteiger partial charge is 0.200 e. The summed E-state index contributed by atoms with van der Waals surface area (Å²) in [6, 6.07) is 0. The molecule has 0 unspecified atom stereocenters. The van der Waals surface area contributed by atoms with Gasteiger partial charge in [0.1, 0.15) is 0 Å². The predicted octanol–water partition coefficient (Wildman–Crippen LogP) is 8.02. The fraction of sp³-hybridized carbons (Fsp3) is 0.750. The maximum Gasteiger partial charge on any atom is 0.207 e. The summed E-state index contributed by atoms with van der Waals surface area (Å²) >= 11 is 0. The molecule has 3 aliphatic carbocycles. The Morgan fingerprint density at radius 3 is 0.967 bits per heavy atom. The fourth-order valence-electron chi connectivity index (χ4n) is 6.90. The largest absolute Gasteiger partial charge is 0.207 e. The van der Waals surface area contributed by atoms with Crippen LogP contribution in [-0.4, -0.2) is 17.0 Å². The van der Waals surface area contributed by atoms with Crippen LogP contribution in [-0.2, 0) is 0 Å². The average Bonchev–Trinajstić information content (AvgIpc) is 2.81. The molecule has 3 aliphatic rings. The van der Waals surface area contributed by atoms with Crippen LogP contribution in [0, 0.1) is 29.1 Å². The molecule has 168 valence electrons. The first-order chi connectivity index (χ1) is 14.5. The second-order valence-electron chi connectivity index (χ2n) is 9.63. The summed E-state index contributed by atoms with van der Waals surface area (Å²) in [5.41, 5.74) is 0.308. The van der Waals surface area contributed by atoms with Crippen molar-refractivity contribution in [2.45, 2.75) is 113 Å². The van der Waals surface area contributed by atoms with E-state index in [9.17, 15) is 13.2 Å². The molecule has 0 saturated heterocycles. The molecule has 6 heteroatoms. The summed E-state index contributed by atoms with van der Waals surface area (Å²) in [4.78, 5) is 0. The van der Waals surface area contributed by atoms with Crippen molar-refractivity contribution in [1.29, 1.82) is 0 Å². The summed E-state index contributed by atoms with van der Waals surface area (Å²) in [5, 5.41) is -0.343. The lowest BCUT2D eigenvalue weighted by atomic mass is 9.99. The lowest BCUT2D eigenvalue weighted by Crippen LogP contribution is -2.44. The quantitative estimate of drug-likeness (QED) is 0.190. The molecule has 0 aliphatic heterocycles. The fourth-order valence-corrected chi connectivity index (χ4v) is 14.3. The number of hydrogen-bond acceptors (Lipinski definition) is 0. The molecule has 0 spiro atoms. The van der Waals surface area contributed by atoms with Gasteiger partial charge in [0.25, 0.3) is 0 Å². The maximum absolute atomic E-state index is 15.5. The van der Waals surface area contributed by atoms with Crippen LogP contribution in [0.4, 0.5) is 22.0 Å². The van der Waals surface area contributed by atoms with Gasteiger partial charge in [-0.2, -0.15) is 8.78 Å². The molecule has 0 radical (unpaired) electrons. The van der Waals surface area contributed by atoms with Crippen molar-refractivity contribution in [3.63, 3.8) is 0 Å². The Morgan fingerprint density at radius 1 is 0.400 bits per heavy atom. The highest BCUT2D eigenvalue weighted by Gasteiger charge is 2.62. The third-order valence-electron chi connectivity index (χ3n) is 8.11. The van der Waals surface area contributed by atoms with Gasteiger partial charge in [-0.15, -0.1) is 0 Å². The lowest BCUT2D eigenvalue weighted by Gasteiger charge is -2.48. The van der Waals surface area contributed by atoms with Crippen molar-refractivity contribution in [1.82, 2.24) is 0 Å². The Balaban J connectivity index is 1.98. The minimum atomic E-state index is -2.62. The first kappa shape index (κ1) is 22.5. The zero-order valence-electron chi connectivity index (χ0n) is 17.7. The van der Waals surface area contributed by atoms with Crippen LogP contribution in [0.25, 0.3) is 0 Å². The molecule has 0 bridgehead atoms. The van der Waals surface area contributed by atoms with Crippen LogP contribution in [0.3, 0.4) is 0 Å². The molecular weight excluding hydrogens is 414 g/mol. The van der Waals surface area contributed by atoms with E-state index < -0.39 is 36.3 Å². The lowest BCUT2D eigenvalue weighted by molar-refractivity contribution is 0.382. The zero-order chi connectivity index (χ0) is 21.3. The Kier molecular flexibility index (Phi) is 7.07. The second kappa shape index (κ2) is 9.43. The van der Waals surface area contributed by atoms with E-state index in [1.165, 1.54) is 0 Å². The highest BCUT2D eigenvalue weighted by atomic mass is 31.2. The molecule has 4 rings (SSSR count). The van der Waals surface area contributed by atoms with Crippen molar-refractivity contribution in [3.05, 3.63) is 29.1 Å². The normalized spacial score (nSPS) is 23.1. The summed E-state index contributed by atoms with van der Waals surface area (Å²) < 4.78 is 73.9. The molecule has 30 heavy (non-hydrogen) atoms. The van der Waals surface area contributed by atoms with Crippen molar-refractivity contribution < 1.29 is 22.0 Å². The van der Waals surface area contributed by atoms with Crippen LogP contribution < -0.4 is 5.30 Å². The molecule has 3 saturated carbocycles. The molecule has 0 atom stereocenters. The minimum Gasteiger partial charge on any atom is -0.200 e. The summed E-state index contributed by atoms with van der Waals surface area (Å²) in [7, 11) is -2.62. The number of halogens is 5. The Labute approximate surface area is 177 Å². The van der Waals surface area contributed by atoms with Gasteiger partial charge in [0.2, 0.25) is 29.1 Å². The van der Waals surface area contributed by atoms with Crippen molar-refractivity contribution in [2.24, 2.45) is 0 Å². The van der Waals surface area contributed by atoms with Crippen LogP contribution in [0.5, 0.6) is 0 Å². The highest BCUT2D eigenvalue weighted by Crippen LogP contribution is 2.76. The highest BCUT2D eigenvalue weighted by molar-refractivity contribution is 7.84. The average molecular weight is 447 g/mol. The van der Waals surface area contributed by atoms with Crippen molar-refractivity contribution in [2.75, 3.05) is 0 Å². The van der Waals surface area contributed by atoms with E-state index >= 15 is 8.78 Å². The maximum atomic E-state index is 15.5. The SMILES string of the molecule is Fc1c(F)c(F)c([P+](C2CCCCC2)(C2CCCCC2)C2CCCCC2)c(F)c1F. The first-order valence-electron chi connectivity index (χ1n) is 11.9. The van der Waals surface area contributed by atoms with Crippen LogP contribution in [0.2, 0.25) is 0 Å². The molecule has 0 aromatic heterocycles. The molecule has 0 heterocycles. The van der Waals surface area contributed by atoms with Crippen molar-refractivity contribution in [3.8, 4) is 0 Å². The number of rotatable bonds is 4. The van der Waals surface area contributed by atoms with E-state index in [1.54, 1.807) is 0 Å². The molecule has 0 N–H and O–H groups in total. The van der Waals surface area contributed by atoms with E-state index in [4.69, 9.17) is 0 Å². The van der Waals surface area contributed by atoms with Crippen LogP contribution in [0.1, 0.15) is 96.3 Å². The summed E-state index contributed by atoms with van der Waals surface area (Å²) in [6.07, 6.45) is 14.6. The standard InChI is InChI=1S/C24H33F5P/c25-19-20(26)22(28)24(23(29)21(19)27)30(16-10-4-1-5-11-16,17-12-6-2-7-13-17)18-14-8-3-9-15-18/h16-18H,1-15H2/q+1. The Morgan fingerprint density at radius 2 is 0.667 bits per heavy atom. The summed E-state index contributed by atoms with van der Waals surface area (Å²) in [5.74, 6) is -8.52. The molecule has 3 fully saturated rings. The predicted molar refractivity (Wildman–Crippen MR) is 113 cm³/mol. The molecule has 0 amide bonds. The van der Waals surface area contributed by atoms with E-state index in [-0.39, 0.29) is 22.3 Å². The van der Waals surface area contributed by atoms with E-state index in [1.807, 2.05) is 0 Å². The van der Waals surface area contributed by atoms with Gasteiger partial charge >= 0.3 is 0 Å². The van der Waals surface area contributed by atoms with Gasteiger partial charge in [0.05, 0.1) is 24.2 Å². The molecule has 1 aromatic carbocycles. The van der Waals surface area contributed by atoms with Crippen LogP contribution in [0.15, 0.2) is 0 Å². The number of hydrogen-bond donors (Lipinski definition) is 0. The van der Waals surface area contributed by atoms with Gasteiger partial charge in [-0.25, -0.2) is 13.2 Å². The Hall–Kier alpha value is -0.700. The van der Waals surface area contributed by atoms with Crippen molar-refractivity contribution >= 4 is 12.6 Å². The Bertz CT molecular complexity index is 672. The van der Waals surface area contributed by atoms with Gasteiger partial charge in [0, 0.05) is 0 Å². The summed E-state index contributed by atoms with van der Waals surface area (Å²) in [6.45, 7) is 0. The molecule has 1 aromatic rings. The van der Waals surface area contributed by atoms with Gasteiger partial charge in [-0.05, 0) is 77.0 Å². The topological polar surface area (TPSA) is 0 Å². The van der Waals surface area contributed by atoms with E-state index in [0.717, 1.165) is 96.3 Å². The first-order valence-corrected chi connectivity index (χ1v) is 13.9. The zero-order valence-corrected chi connectivity index (χ0v) is 18.6. The van der Waals surface area contributed by atoms with Crippen LogP contribution >= 0.6 is 7.26 Å².